The highest BCUT2D eigenvalue weighted by Gasteiger charge is 2.33. The van der Waals surface area contributed by atoms with E-state index in [1.54, 1.807) is 17.1 Å². The van der Waals surface area contributed by atoms with Gasteiger partial charge in [0.25, 0.3) is 0 Å². The highest BCUT2D eigenvalue weighted by atomic mass is 16.5. The van der Waals surface area contributed by atoms with Gasteiger partial charge in [-0.15, -0.1) is 0 Å². The number of ether oxygens (including phenoxy) is 1. The Morgan fingerprint density at radius 1 is 1.30 bits per heavy atom. The van der Waals surface area contributed by atoms with Gasteiger partial charge in [0, 0.05) is 38.2 Å². The fourth-order valence-electron chi connectivity index (χ4n) is 3.69. The number of hydrogen-bond donors (Lipinski definition) is 1. The van der Waals surface area contributed by atoms with Crippen LogP contribution in [0, 0.1) is 5.92 Å². The quantitative estimate of drug-likeness (QED) is 0.841. The van der Waals surface area contributed by atoms with Crippen molar-refractivity contribution in [1.82, 2.24) is 25.0 Å². The van der Waals surface area contributed by atoms with Gasteiger partial charge in [-0.1, -0.05) is 19.9 Å². The van der Waals surface area contributed by atoms with Crippen molar-refractivity contribution in [2.24, 2.45) is 5.92 Å². The molecular weight excluding hydrogens is 342 g/mol. The van der Waals surface area contributed by atoms with Gasteiger partial charge in [-0.3, -0.25) is 9.69 Å². The molecule has 0 unspecified atom stereocenters. The zero-order valence-corrected chi connectivity index (χ0v) is 16.5. The highest BCUT2D eigenvalue weighted by molar-refractivity contribution is 5.82. The predicted molar refractivity (Wildman–Crippen MR) is 103 cm³/mol. The molecule has 1 amide bonds. The third kappa shape index (κ3) is 4.93. The maximum Gasteiger partial charge on any atom is 0.237 e. The number of aromatic nitrogens is 3. The Morgan fingerprint density at radius 2 is 2.04 bits per heavy atom. The number of carbonyl (C=O) groups excluding carboxylic acids is 1. The molecule has 1 saturated heterocycles. The van der Waals surface area contributed by atoms with E-state index in [4.69, 9.17) is 4.74 Å². The van der Waals surface area contributed by atoms with Crippen molar-refractivity contribution in [1.29, 1.82) is 0 Å². The summed E-state index contributed by atoms with van der Waals surface area (Å²) in [5.41, 5.74) is 0.963. The molecule has 7 nitrogen and oxygen atoms in total. The Morgan fingerprint density at radius 3 is 2.59 bits per heavy atom. The number of hydrogen-bond acceptors (Lipinski definition) is 5. The van der Waals surface area contributed by atoms with E-state index in [2.05, 4.69) is 48.0 Å². The van der Waals surface area contributed by atoms with Crippen molar-refractivity contribution in [3.8, 4) is 5.82 Å². The first-order valence-corrected chi connectivity index (χ1v) is 9.56. The topological polar surface area (TPSA) is 72.3 Å². The molecule has 0 aliphatic carbocycles. The third-order valence-corrected chi connectivity index (χ3v) is 4.76. The van der Waals surface area contributed by atoms with E-state index in [-0.39, 0.29) is 30.1 Å². The molecule has 1 aliphatic heterocycles. The van der Waals surface area contributed by atoms with E-state index in [0.717, 1.165) is 24.5 Å². The zero-order valence-electron chi connectivity index (χ0n) is 16.5. The normalized spacial score (nSPS) is 22.0. The number of rotatable bonds is 6. The molecule has 0 saturated carbocycles. The molecule has 0 spiro atoms. The molecule has 1 fully saturated rings. The second-order valence-electron chi connectivity index (χ2n) is 7.59. The van der Waals surface area contributed by atoms with E-state index in [1.807, 2.05) is 24.4 Å². The van der Waals surface area contributed by atoms with Crippen LogP contribution in [-0.2, 0) is 16.1 Å². The first kappa shape index (κ1) is 19.5. The van der Waals surface area contributed by atoms with Gasteiger partial charge in [0.05, 0.1) is 18.2 Å². The van der Waals surface area contributed by atoms with E-state index in [1.165, 1.54) is 0 Å². The number of morpholine rings is 1. The first-order chi connectivity index (χ1) is 12.9. The predicted octanol–water partition coefficient (Wildman–Crippen LogP) is 2.02. The van der Waals surface area contributed by atoms with Crippen LogP contribution in [0.2, 0.25) is 0 Å². The smallest absolute Gasteiger partial charge is 0.237 e. The van der Waals surface area contributed by atoms with Crippen LogP contribution in [0.5, 0.6) is 0 Å². The summed E-state index contributed by atoms with van der Waals surface area (Å²) < 4.78 is 7.51. The number of pyridine rings is 1. The van der Waals surface area contributed by atoms with Crippen molar-refractivity contribution in [2.75, 3.05) is 13.1 Å². The highest BCUT2D eigenvalue weighted by Crippen LogP contribution is 2.19. The van der Waals surface area contributed by atoms with Gasteiger partial charge in [0.2, 0.25) is 5.91 Å². The summed E-state index contributed by atoms with van der Waals surface area (Å²) in [5.74, 6) is 1.04. The summed E-state index contributed by atoms with van der Waals surface area (Å²) in [5, 5.41) is 7.24. The van der Waals surface area contributed by atoms with Crippen LogP contribution in [-0.4, -0.2) is 56.9 Å². The number of nitrogens with zero attached hydrogens (tertiary/aromatic N) is 4. The van der Waals surface area contributed by atoms with Gasteiger partial charge in [-0.25, -0.2) is 9.67 Å². The number of amides is 1. The maximum atomic E-state index is 12.9. The molecule has 27 heavy (non-hydrogen) atoms. The SMILES string of the molecule is CC(C)[C@H](C(=O)NCc1ccc(-n2cccn2)nc1)N1C[C@@H](C)O[C@@H](C)C1. The molecule has 2 aromatic heterocycles. The van der Waals surface area contributed by atoms with Gasteiger partial charge >= 0.3 is 0 Å². The van der Waals surface area contributed by atoms with Crippen LogP contribution >= 0.6 is 0 Å². The molecule has 7 heteroatoms. The largest absolute Gasteiger partial charge is 0.373 e. The van der Waals surface area contributed by atoms with Crippen LogP contribution in [0.25, 0.3) is 5.82 Å². The van der Waals surface area contributed by atoms with E-state index < -0.39 is 0 Å². The summed E-state index contributed by atoms with van der Waals surface area (Å²) in [7, 11) is 0. The molecule has 0 bridgehead atoms. The molecule has 3 rings (SSSR count). The average molecular weight is 371 g/mol. The van der Waals surface area contributed by atoms with Crippen molar-refractivity contribution in [2.45, 2.75) is 52.5 Å². The summed E-state index contributed by atoms with van der Waals surface area (Å²) in [6.45, 7) is 10.3. The minimum absolute atomic E-state index is 0.0578. The second kappa shape index (κ2) is 8.63. The van der Waals surface area contributed by atoms with Gasteiger partial charge in [0.15, 0.2) is 5.82 Å². The monoisotopic (exact) mass is 371 g/mol. The fraction of sp³-hybridized carbons (Fsp3) is 0.550. The molecule has 1 N–H and O–H groups in total. The van der Waals surface area contributed by atoms with Gasteiger partial charge in [-0.2, -0.15) is 5.10 Å². The van der Waals surface area contributed by atoms with Gasteiger partial charge in [-0.05, 0) is 37.5 Å². The summed E-state index contributed by atoms with van der Waals surface area (Å²) in [6, 6.07) is 5.57. The third-order valence-electron chi connectivity index (χ3n) is 4.76. The van der Waals surface area contributed by atoms with E-state index in [9.17, 15) is 4.79 Å². The average Bonchev–Trinajstić information content (AvgIpc) is 3.14. The van der Waals surface area contributed by atoms with Crippen molar-refractivity contribution in [3.63, 3.8) is 0 Å². The first-order valence-electron chi connectivity index (χ1n) is 9.56. The molecule has 146 valence electrons. The summed E-state index contributed by atoms with van der Waals surface area (Å²) >= 11 is 0. The number of carbonyl (C=O) groups is 1. The molecule has 1 aliphatic rings. The Labute approximate surface area is 160 Å². The lowest BCUT2D eigenvalue weighted by Gasteiger charge is -2.41. The maximum absolute atomic E-state index is 12.9. The van der Waals surface area contributed by atoms with E-state index >= 15 is 0 Å². The van der Waals surface area contributed by atoms with Crippen LogP contribution < -0.4 is 5.32 Å². The van der Waals surface area contributed by atoms with Crippen molar-refractivity contribution < 1.29 is 9.53 Å². The van der Waals surface area contributed by atoms with Crippen LogP contribution in [0.15, 0.2) is 36.8 Å². The lowest BCUT2D eigenvalue weighted by Crippen LogP contribution is -2.56. The van der Waals surface area contributed by atoms with Crippen molar-refractivity contribution in [3.05, 3.63) is 42.4 Å². The molecule has 3 heterocycles. The Kier molecular flexibility index (Phi) is 6.23. The molecule has 2 aromatic rings. The Balaban J connectivity index is 1.61. The lowest BCUT2D eigenvalue weighted by atomic mass is 9.99. The second-order valence-corrected chi connectivity index (χ2v) is 7.59. The summed E-state index contributed by atoms with van der Waals surface area (Å²) in [4.78, 5) is 19.6. The minimum atomic E-state index is -0.157. The van der Waals surface area contributed by atoms with Crippen LogP contribution in [0.3, 0.4) is 0 Å². The zero-order chi connectivity index (χ0) is 19.4. The van der Waals surface area contributed by atoms with Crippen LogP contribution in [0.1, 0.15) is 33.3 Å². The van der Waals surface area contributed by atoms with E-state index in [0.29, 0.717) is 6.54 Å². The molecule has 0 aromatic carbocycles. The fourth-order valence-corrected chi connectivity index (χ4v) is 3.69. The Hall–Kier alpha value is -2.25. The molecule has 0 radical (unpaired) electrons. The molecule has 3 atom stereocenters. The standard InChI is InChI=1S/C20H29N5O2/c1-14(2)19(24-12-15(3)27-16(4)13-24)20(26)22-11-17-6-7-18(21-10-17)25-9-5-8-23-25/h5-10,14-16,19H,11-13H2,1-4H3,(H,22,26)/t15-,16+,19-/m1/s1. The van der Waals surface area contributed by atoms with Gasteiger partial charge < -0.3 is 10.1 Å². The lowest BCUT2D eigenvalue weighted by molar-refractivity contribution is -0.135. The van der Waals surface area contributed by atoms with Gasteiger partial charge in [0.1, 0.15) is 0 Å². The summed E-state index contributed by atoms with van der Waals surface area (Å²) in [6.07, 6.45) is 5.63. The number of nitrogens with one attached hydrogen (secondary N) is 1. The van der Waals surface area contributed by atoms with Crippen molar-refractivity contribution >= 4 is 5.91 Å². The molecular formula is C20H29N5O2. The Bertz CT molecular complexity index is 719. The minimum Gasteiger partial charge on any atom is -0.373 e. The van der Waals surface area contributed by atoms with Crippen LogP contribution in [0.4, 0.5) is 0 Å².